The minimum atomic E-state index is -0.291. The van der Waals surface area contributed by atoms with Crippen molar-refractivity contribution in [2.45, 2.75) is 6.73 Å². The maximum atomic E-state index is 11.8. The van der Waals surface area contributed by atoms with E-state index >= 15 is 0 Å². The van der Waals surface area contributed by atoms with E-state index in [2.05, 4.69) is 15.0 Å². The number of aliphatic hydroxyl groups is 1. The second-order valence-electron chi connectivity index (χ2n) is 4.28. The first kappa shape index (κ1) is 12.6. The summed E-state index contributed by atoms with van der Waals surface area (Å²) < 4.78 is 7.02. The predicted octanol–water partition coefficient (Wildman–Crippen LogP) is -0.179. The van der Waals surface area contributed by atoms with Crippen LogP contribution in [-0.2, 0) is 11.5 Å². The zero-order chi connectivity index (χ0) is 14.1. The fourth-order valence-electron chi connectivity index (χ4n) is 2.04. The van der Waals surface area contributed by atoms with Crippen molar-refractivity contribution in [1.82, 2.24) is 19.5 Å². The van der Waals surface area contributed by atoms with Crippen LogP contribution in [0.4, 0.5) is 5.95 Å². The van der Waals surface area contributed by atoms with Crippen molar-refractivity contribution >= 4 is 27.9 Å². The molecule has 2 heterocycles. The number of aromatic amines is 1. The van der Waals surface area contributed by atoms with Crippen molar-refractivity contribution in [1.29, 1.82) is 0 Å². The van der Waals surface area contributed by atoms with E-state index in [0.29, 0.717) is 16.4 Å². The van der Waals surface area contributed by atoms with Crippen molar-refractivity contribution in [3.63, 3.8) is 0 Å². The van der Waals surface area contributed by atoms with Gasteiger partial charge in [0.2, 0.25) is 5.95 Å². The smallest absolute Gasteiger partial charge is 0.260 e. The molecule has 3 aromatic rings. The first-order valence-corrected chi connectivity index (χ1v) is 6.02. The molecule has 8 nitrogen and oxygen atoms in total. The summed E-state index contributed by atoms with van der Waals surface area (Å²) in [4.78, 5) is 22.6. The third kappa shape index (κ3) is 2.10. The Kier molecular flexibility index (Phi) is 3.09. The second-order valence-corrected chi connectivity index (χ2v) is 4.28. The summed E-state index contributed by atoms with van der Waals surface area (Å²) in [6.07, 6.45) is 1.61. The number of nitrogens with zero attached hydrogens (tertiary/aromatic N) is 3. The monoisotopic (exact) mass is 275 g/mol. The van der Waals surface area contributed by atoms with Gasteiger partial charge in [0.1, 0.15) is 6.73 Å². The van der Waals surface area contributed by atoms with Crippen LogP contribution in [0.25, 0.3) is 21.9 Å². The molecule has 0 radical (unpaired) electrons. The standard InChI is InChI=1S/C12H13N5O3/c13-12-15-8-4-10-9(3-7(8)11(19)16-12)14-5-17(10)6-20-2-1-18/h3-5,18H,1-2,6H2,(H3,13,15,16,19). The van der Waals surface area contributed by atoms with Crippen molar-refractivity contribution in [2.75, 3.05) is 18.9 Å². The van der Waals surface area contributed by atoms with Gasteiger partial charge in [-0.25, -0.2) is 9.97 Å². The zero-order valence-electron chi connectivity index (χ0n) is 10.5. The molecule has 2 aromatic heterocycles. The molecule has 8 heteroatoms. The van der Waals surface area contributed by atoms with E-state index < -0.39 is 0 Å². The molecule has 4 N–H and O–H groups in total. The van der Waals surface area contributed by atoms with Crippen molar-refractivity contribution in [3.05, 3.63) is 28.8 Å². The van der Waals surface area contributed by atoms with Crippen LogP contribution in [0.5, 0.6) is 0 Å². The summed E-state index contributed by atoms with van der Waals surface area (Å²) >= 11 is 0. The Morgan fingerprint density at radius 1 is 1.40 bits per heavy atom. The maximum Gasteiger partial charge on any atom is 0.260 e. The van der Waals surface area contributed by atoms with Gasteiger partial charge in [0.25, 0.3) is 5.56 Å². The minimum absolute atomic E-state index is 0.0387. The van der Waals surface area contributed by atoms with Crippen LogP contribution in [0.1, 0.15) is 0 Å². The third-order valence-corrected chi connectivity index (χ3v) is 2.93. The Balaban J connectivity index is 2.13. The molecule has 0 amide bonds. The predicted molar refractivity (Wildman–Crippen MR) is 73.1 cm³/mol. The highest BCUT2D eigenvalue weighted by atomic mass is 16.5. The van der Waals surface area contributed by atoms with Gasteiger partial charge in [0.05, 0.1) is 41.5 Å². The van der Waals surface area contributed by atoms with Gasteiger partial charge < -0.3 is 20.1 Å². The highest BCUT2D eigenvalue weighted by Gasteiger charge is 2.08. The number of nitrogens with one attached hydrogen (secondary N) is 1. The van der Waals surface area contributed by atoms with Crippen LogP contribution in [0.3, 0.4) is 0 Å². The minimum Gasteiger partial charge on any atom is -0.394 e. The number of H-pyrrole nitrogens is 1. The van der Waals surface area contributed by atoms with Gasteiger partial charge >= 0.3 is 0 Å². The Hall–Kier alpha value is -2.45. The summed E-state index contributed by atoms with van der Waals surface area (Å²) in [5.41, 5.74) is 7.20. The van der Waals surface area contributed by atoms with E-state index in [9.17, 15) is 4.79 Å². The van der Waals surface area contributed by atoms with Crippen LogP contribution in [0.2, 0.25) is 0 Å². The molecule has 0 fully saturated rings. The van der Waals surface area contributed by atoms with Crippen LogP contribution in [0.15, 0.2) is 23.3 Å². The molecule has 0 aliphatic rings. The molecule has 20 heavy (non-hydrogen) atoms. The first-order chi connectivity index (χ1) is 9.69. The summed E-state index contributed by atoms with van der Waals surface area (Å²) in [5.74, 6) is 0.0736. The Labute approximate surface area is 112 Å². The van der Waals surface area contributed by atoms with Crippen LogP contribution in [0, 0.1) is 0 Å². The molecule has 0 saturated heterocycles. The van der Waals surface area contributed by atoms with E-state index in [-0.39, 0.29) is 31.5 Å². The van der Waals surface area contributed by atoms with E-state index in [1.807, 2.05) is 0 Å². The summed E-state index contributed by atoms with van der Waals surface area (Å²) in [6.45, 7) is 0.475. The van der Waals surface area contributed by atoms with Crippen LogP contribution < -0.4 is 11.3 Å². The lowest BCUT2D eigenvalue weighted by atomic mass is 10.2. The zero-order valence-corrected chi connectivity index (χ0v) is 10.5. The maximum absolute atomic E-state index is 11.8. The van der Waals surface area contributed by atoms with Crippen molar-refractivity contribution in [2.24, 2.45) is 0 Å². The second kappa shape index (κ2) is 4.91. The molecule has 0 atom stereocenters. The molecule has 1 aromatic carbocycles. The normalized spacial score (nSPS) is 11.4. The average molecular weight is 275 g/mol. The van der Waals surface area contributed by atoms with E-state index in [1.165, 1.54) is 0 Å². The molecule has 0 unspecified atom stereocenters. The number of hydrogen-bond donors (Lipinski definition) is 3. The summed E-state index contributed by atoms with van der Waals surface area (Å²) in [5, 5.41) is 9.14. The van der Waals surface area contributed by atoms with Crippen molar-refractivity contribution < 1.29 is 9.84 Å². The summed E-state index contributed by atoms with van der Waals surface area (Å²) in [6, 6.07) is 3.41. The van der Waals surface area contributed by atoms with E-state index in [1.54, 1.807) is 23.0 Å². The van der Waals surface area contributed by atoms with Crippen LogP contribution in [-0.4, -0.2) is 37.8 Å². The van der Waals surface area contributed by atoms with Crippen LogP contribution >= 0.6 is 0 Å². The Bertz CT molecular complexity index is 823. The number of aromatic nitrogens is 4. The quantitative estimate of drug-likeness (QED) is 0.568. The van der Waals surface area contributed by atoms with Gasteiger partial charge in [0, 0.05) is 0 Å². The largest absolute Gasteiger partial charge is 0.394 e. The number of benzene rings is 1. The lowest BCUT2D eigenvalue weighted by molar-refractivity contribution is 0.0501. The number of nitrogen functional groups attached to an aromatic ring is 1. The number of fused-ring (bicyclic) bond motifs is 2. The van der Waals surface area contributed by atoms with Gasteiger partial charge in [-0.05, 0) is 12.1 Å². The third-order valence-electron chi connectivity index (χ3n) is 2.93. The lowest BCUT2D eigenvalue weighted by Crippen LogP contribution is -2.11. The number of nitrogens with two attached hydrogens (primary N) is 1. The topological polar surface area (TPSA) is 119 Å². The van der Waals surface area contributed by atoms with Gasteiger partial charge in [-0.1, -0.05) is 0 Å². The SMILES string of the molecule is Nc1nc2cc3c(cc2c(=O)[nH]1)ncn3COCCO. The molecular weight excluding hydrogens is 262 g/mol. The highest BCUT2D eigenvalue weighted by Crippen LogP contribution is 2.18. The Morgan fingerprint density at radius 3 is 3.05 bits per heavy atom. The van der Waals surface area contributed by atoms with E-state index in [0.717, 1.165) is 5.52 Å². The molecule has 0 bridgehead atoms. The lowest BCUT2D eigenvalue weighted by Gasteiger charge is -2.05. The number of rotatable bonds is 4. The van der Waals surface area contributed by atoms with E-state index in [4.69, 9.17) is 15.6 Å². The fraction of sp³-hybridized carbons (Fsp3) is 0.250. The Morgan fingerprint density at radius 2 is 2.25 bits per heavy atom. The first-order valence-electron chi connectivity index (χ1n) is 6.02. The summed E-state index contributed by atoms with van der Waals surface area (Å²) in [7, 11) is 0. The molecular formula is C12H13N5O3. The number of hydrogen-bond acceptors (Lipinski definition) is 6. The molecule has 3 rings (SSSR count). The molecule has 0 spiro atoms. The van der Waals surface area contributed by atoms with Crippen molar-refractivity contribution in [3.8, 4) is 0 Å². The molecule has 0 aliphatic carbocycles. The van der Waals surface area contributed by atoms with Gasteiger partial charge in [-0.3, -0.25) is 9.78 Å². The fourth-order valence-corrected chi connectivity index (χ4v) is 2.04. The van der Waals surface area contributed by atoms with Gasteiger partial charge in [-0.15, -0.1) is 0 Å². The number of ether oxygens (including phenoxy) is 1. The molecule has 0 saturated carbocycles. The van der Waals surface area contributed by atoms with Gasteiger partial charge in [0.15, 0.2) is 0 Å². The average Bonchev–Trinajstić information content (AvgIpc) is 2.80. The number of imidazole rings is 1. The highest BCUT2D eigenvalue weighted by molar-refractivity contribution is 5.93. The van der Waals surface area contributed by atoms with Gasteiger partial charge in [-0.2, -0.15) is 0 Å². The molecule has 104 valence electrons. The number of aliphatic hydroxyl groups excluding tert-OH is 1. The number of anilines is 1. The molecule has 0 aliphatic heterocycles.